The number of rotatable bonds is 15. The number of aliphatic hydroxyl groups excluding tert-OH is 1. The first-order chi connectivity index (χ1) is 16.8. The fourth-order valence-corrected chi connectivity index (χ4v) is 5.19. The molecule has 0 radical (unpaired) electrons. The number of β-amino-alcohol motifs (C(OH)–C–C–N with tert-alkyl or cyclic N) is 1. The van der Waals surface area contributed by atoms with E-state index in [9.17, 15) is 27.1 Å². The van der Waals surface area contributed by atoms with Crippen molar-refractivity contribution in [2.45, 2.75) is 68.9 Å². The Balaban J connectivity index is 1.89. The van der Waals surface area contributed by atoms with E-state index in [4.69, 9.17) is 5.11 Å². The summed E-state index contributed by atoms with van der Waals surface area (Å²) in [5.41, 5.74) is 0.682. The van der Waals surface area contributed by atoms with Crippen molar-refractivity contribution in [3.8, 4) is 0 Å². The van der Waals surface area contributed by atoms with Gasteiger partial charge in [-0.2, -0.15) is 4.31 Å². The molecule has 0 saturated carbocycles. The van der Waals surface area contributed by atoms with Gasteiger partial charge < -0.3 is 15.5 Å². The van der Waals surface area contributed by atoms with Gasteiger partial charge in [0.05, 0.1) is 11.0 Å². The predicted octanol–water partition coefficient (Wildman–Crippen LogP) is 3.74. The van der Waals surface area contributed by atoms with Crippen LogP contribution in [0.2, 0.25) is 0 Å². The number of nitrogens with zero attached hydrogens (tertiary/aromatic N) is 1. The van der Waals surface area contributed by atoms with Crippen molar-refractivity contribution in [1.82, 2.24) is 9.62 Å². The van der Waals surface area contributed by atoms with Gasteiger partial charge in [0.1, 0.15) is 11.6 Å². The number of likely N-dealkylation sites (N-methyl/N-ethyl adjacent to an activating group) is 1. The van der Waals surface area contributed by atoms with Gasteiger partial charge in [-0.25, -0.2) is 17.2 Å². The van der Waals surface area contributed by atoms with E-state index in [0.29, 0.717) is 17.5 Å². The highest BCUT2D eigenvalue weighted by molar-refractivity contribution is 7.89. The Kier molecular flexibility index (Phi) is 11.0. The molecule has 200 valence electrons. The number of nitrogens with one attached hydrogen (secondary N) is 1. The minimum Gasteiger partial charge on any atom is -0.481 e. The highest BCUT2D eigenvalue weighted by Gasteiger charge is 2.25. The number of carbonyl (C=O) groups is 1. The van der Waals surface area contributed by atoms with Gasteiger partial charge in [-0.15, -0.1) is 0 Å². The standard InChI is InChI=1S/C26H36F2N2O5S/c1-26(2,13-7-10-20-9-4-5-11-24(20)28)29-17-22(31)18-30(3)36(34,35)23-15-19(14-21(27)16-23)8-6-12-25(32)33/h4-5,9,11,14-16,22,29,31H,6-8,10,12-13,17-18H2,1-3H3,(H,32,33). The summed E-state index contributed by atoms with van der Waals surface area (Å²) in [6, 6.07) is 10.1. The highest BCUT2D eigenvalue weighted by Crippen LogP contribution is 2.20. The molecule has 0 aliphatic heterocycles. The van der Waals surface area contributed by atoms with E-state index < -0.39 is 27.9 Å². The maximum Gasteiger partial charge on any atom is 0.303 e. The van der Waals surface area contributed by atoms with Crippen molar-refractivity contribution >= 4 is 16.0 Å². The number of aryl methyl sites for hydroxylation is 2. The van der Waals surface area contributed by atoms with Crippen molar-refractivity contribution in [3.63, 3.8) is 0 Å². The molecule has 0 aromatic heterocycles. The van der Waals surface area contributed by atoms with Crippen molar-refractivity contribution in [2.75, 3.05) is 20.1 Å². The van der Waals surface area contributed by atoms with E-state index in [2.05, 4.69) is 5.32 Å². The van der Waals surface area contributed by atoms with Crippen LogP contribution in [0, 0.1) is 11.6 Å². The highest BCUT2D eigenvalue weighted by atomic mass is 32.2. The van der Waals surface area contributed by atoms with Gasteiger partial charge >= 0.3 is 5.97 Å². The van der Waals surface area contributed by atoms with Crippen LogP contribution in [-0.2, 0) is 27.7 Å². The third-order valence-electron chi connectivity index (χ3n) is 5.99. The Hall–Kier alpha value is -2.40. The van der Waals surface area contributed by atoms with Crippen LogP contribution in [0.5, 0.6) is 0 Å². The Labute approximate surface area is 212 Å². The Bertz CT molecular complexity index is 1130. The zero-order valence-electron chi connectivity index (χ0n) is 21.0. The number of aliphatic hydroxyl groups is 1. The summed E-state index contributed by atoms with van der Waals surface area (Å²) in [7, 11) is -2.76. The number of hydrogen-bond donors (Lipinski definition) is 3. The van der Waals surface area contributed by atoms with Crippen LogP contribution in [0.3, 0.4) is 0 Å². The molecule has 2 rings (SSSR count). The predicted molar refractivity (Wildman–Crippen MR) is 134 cm³/mol. The summed E-state index contributed by atoms with van der Waals surface area (Å²) < 4.78 is 54.8. The maximum absolute atomic E-state index is 14.1. The van der Waals surface area contributed by atoms with Crippen LogP contribution in [0.25, 0.3) is 0 Å². The molecular formula is C26H36F2N2O5S. The van der Waals surface area contributed by atoms with Gasteiger partial charge in [0.2, 0.25) is 10.0 Å². The Morgan fingerprint density at radius 2 is 1.81 bits per heavy atom. The SMILES string of the molecule is CN(CC(O)CNC(C)(C)CCCc1ccccc1F)S(=O)(=O)c1cc(F)cc(CCCC(=O)O)c1. The number of hydrogen-bond acceptors (Lipinski definition) is 5. The molecule has 2 aromatic rings. The van der Waals surface area contributed by atoms with Gasteiger partial charge in [-0.3, -0.25) is 4.79 Å². The molecule has 1 atom stereocenters. The maximum atomic E-state index is 14.1. The lowest BCUT2D eigenvalue weighted by Gasteiger charge is -2.29. The van der Waals surface area contributed by atoms with E-state index in [1.165, 1.54) is 25.2 Å². The third-order valence-corrected chi connectivity index (χ3v) is 7.79. The molecule has 0 aliphatic carbocycles. The molecule has 10 heteroatoms. The van der Waals surface area contributed by atoms with Gasteiger partial charge in [-0.1, -0.05) is 18.2 Å². The molecule has 1 unspecified atom stereocenters. The monoisotopic (exact) mass is 526 g/mol. The second-order valence-electron chi connectivity index (χ2n) is 9.69. The van der Waals surface area contributed by atoms with E-state index in [1.54, 1.807) is 18.2 Å². The second-order valence-corrected chi connectivity index (χ2v) is 11.7. The number of carboxylic acids is 1. The average molecular weight is 527 g/mol. The van der Waals surface area contributed by atoms with Gasteiger partial charge in [0.15, 0.2) is 0 Å². The molecule has 36 heavy (non-hydrogen) atoms. The van der Waals surface area contributed by atoms with Gasteiger partial charge in [-0.05, 0) is 81.3 Å². The van der Waals surface area contributed by atoms with Crippen molar-refractivity contribution < 1.29 is 32.2 Å². The fourth-order valence-electron chi connectivity index (χ4n) is 3.90. The molecule has 0 heterocycles. The Morgan fingerprint density at radius 1 is 1.11 bits per heavy atom. The van der Waals surface area contributed by atoms with E-state index in [0.717, 1.165) is 23.2 Å². The smallest absolute Gasteiger partial charge is 0.303 e. The van der Waals surface area contributed by atoms with Crippen molar-refractivity contribution in [3.05, 3.63) is 65.2 Å². The van der Waals surface area contributed by atoms with Crippen LogP contribution in [0.1, 0.15) is 50.7 Å². The molecule has 0 saturated heterocycles. The van der Waals surface area contributed by atoms with Crippen LogP contribution >= 0.6 is 0 Å². The quantitative estimate of drug-likeness (QED) is 0.326. The number of halogens is 2. The topological polar surface area (TPSA) is 107 Å². The van der Waals surface area contributed by atoms with E-state index in [1.807, 2.05) is 13.8 Å². The molecule has 0 bridgehead atoms. The average Bonchev–Trinajstić information content (AvgIpc) is 2.78. The number of sulfonamides is 1. The summed E-state index contributed by atoms with van der Waals surface area (Å²) in [6.07, 6.45) is 1.42. The van der Waals surface area contributed by atoms with Crippen LogP contribution in [0.15, 0.2) is 47.4 Å². The van der Waals surface area contributed by atoms with Crippen LogP contribution in [-0.4, -0.2) is 60.7 Å². The third kappa shape index (κ3) is 9.57. The molecular weight excluding hydrogens is 490 g/mol. The fraction of sp³-hybridized carbons (Fsp3) is 0.500. The zero-order valence-corrected chi connectivity index (χ0v) is 21.8. The summed E-state index contributed by atoms with van der Waals surface area (Å²) >= 11 is 0. The summed E-state index contributed by atoms with van der Waals surface area (Å²) in [6.45, 7) is 3.85. The second kappa shape index (κ2) is 13.2. The molecule has 0 amide bonds. The largest absolute Gasteiger partial charge is 0.481 e. The lowest BCUT2D eigenvalue weighted by atomic mass is 9.95. The lowest BCUT2D eigenvalue weighted by Crippen LogP contribution is -2.46. The minimum atomic E-state index is -4.07. The van der Waals surface area contributed by atoms with Crippen LogP contribution in [0.4, 0.5) is 8.78 Å². The molecule has 3 N–H and O–H groups in total. The first-order valence-corrected chi connectivity index (χ1v) is 13.4. The zero-order chi connectivity index (χ0) is 26.9. The molecule has 7 nitrogen and oxygen atoms in total. The summed E-state index contributed by atoms with van der Waals surface area (Å²) in [4.78, 5) is 10.4. The van der Waals surface area contributed by atoms with Crippen LogP contribution < -0.4 is 5.32 Å². The normalized spacial score (nSPS) is 13.2. The summed E-state index contributed by atoms with van der Waals surface area (Å²) in [5, 5.41) is 22.5. The lowest BCUT2D eigenvalue weighted by molar-refractivity contribution is -0.137. The van der Waals surface area contributed by atoms with Gasteiger partial charge in [0, 0.05) is 32.1 Å². The first-order valence-electron chi connectivity index (χ1n) is 11.9. The number of carboxylic acid groups (broad SMARTS) is 1. The van der Waals surface area contributed by atoms with E-state index in [-0.39, 0.29) is 48.6 Å². The van der Waals surface area contributed by atoms with E-state index >= 15 is 0 Å². The summed E-state index contributed by atoms with van der Waals surface area (Å²) in [5.74, 6) is -1.93. The number of aliphatic carboxylic acids is 1. The Morgan fingerprint density at radius 3 is 2.47 bits per heavy atom. The number of benzene rings is 2. The van der Waals surface area contributed by atoms with Crippen molar-refractivity contribution in [1.29, 1.82) is 0 Å². The minimum absolute atomic E-state index is 0.100. The molecule has 2 aromatic carbocycles. The molecule has 0 spiro atoms. The first kappa shape index (κ1) is 29.8. The molecule has 0 aliphatic rings. The molecule has 0 fully saturated rings. The van der Waals surface area contributed by atoms with Crippen molar-refractivity contribution in [2.24, 2.45) is 0 Å². The van der Waals surface area contributed by atoms with Gasteiger partial charge in [0.25, 0.3) is 0 Å².